The van der Waals surface area contributed by atoms with E-state index in [2.05, 4.69) is 9.97 Å². The summed E-state index contributed by atoms with van der Waals surface area (Å²) in [4.78, 5) is 7.09. The third-order valence-corrected chi connectivity index (χ3v) is 4.39. The Balaban J connectivity index is 2.11. The Morgan fingerprint density at radius 3 is 2.90 bits per heavy atom. The molecule has 0 saturated heterocycles. The number of aromatic amines is 1. The molecule has 4 aromatic rings. The number of nitrogens with one attached hydrogen (secondary N) is 1. The van der Waals surface area contributed by atoms with Gasteiger partial charge in [-0.2, -0.15) is 0 Å². The number of H-pyrrole nitrogens is 1. The van der Waals surface area contributed by atoms with Crippen molar-refractivity contribution in [3.05, 3.63) is 52.2 Å². The Labute approximate surface area is 126 Å². The molecule has 0 aliphatic carbocycles. The molecule has 4 rings (SSSR count). The lowest BCUT2D eigenvalue weighted by Crippen LogP contribution is -1.97. The van der Waals surface area contributed by atoms with E-state index in [0.29, 0.717) is 16.0 Å². The van der Waals surface area contributed by atoms with Crippen LogP contribution < -0.4 is 0 Å². The van der Waals surface area contributed by atoms with Gasteiger partial charge in [0.25, 0.3) is 0 Å². The van der Waals surface area contributed by atoms with Crippen molar-refractivity contribution >= 4 is 44.8 Å². The summed E-state index contributed by atoms with van der Waals surface area (Å²) in [6, 6.07) is 8.04. The molecule has 0 atom stereocenters. The molecule has 0 aliphatic rings. The van der Waals surface area contributed by atoms with Crippen LogP contribution in [-0.2, 0) is 0 Å². The van der Waals surface area contributed by atoms with Crippen molar-refractivity contribution in [1.29, 1.82) is 0 Å². The van der Waals surface area contributed by atoms with Gasteiger partial charge >= 0.3 is 0 Å². The summed E-state index contributed by atoms with van der Waals surface area (Å²) in [5.74, 6) is -1.81. The first kappa shape index (κ1) is 12.6. The topological polar surface area (TPSA) is 33.6 Å². The van der Waals surface area contributed by atoms with E-state index in [1.54, 1.807) is 11.6 Å². The summed E-state index contributed by atoms with van der Waals surface area (Å²) in [6.07, 6.45) is 0. The monoisotopic (exact) mass is 319 g/mol. The largest absolute Gasteiger partial charge is 0.330 e. The second-order valence-electron chi connectivity index (χ2n) is 4.53. The lowest BCUT2D eigenvalue weighted by molar-refractivity contribution is 0.514. The highest BCUT2D eigenvalue weighted by atomic mass is 32.1. The lowest BCUT2D eigenvalue weighted by atomic mass is 10.2. The molecule has 2 aromatic carbocycles. The van der Waals surface area contributed by atoms with Crippen LogP contribution in [0, 0.1) is 16.4 Å². The van der Waals surface area contributed by atoms with Gasteiger partial charge in [-0.3, -0.25) is 4.57 Å². The number of halogens is 2. The smallest absolute Gasteiger partial charge is 0.184 e. The summed E-state index contributed by atoms with van der Waals surface area (Å²) >= 11 is 6.73. The van der Waals surface area contributed by atoms with Crippen LogP contribution in [0.3, 0.4) is 0 Å². The Morgan fingerprint density at radius 1 is 1.19 bits per heavy atom. The first-order valence-electron chi connectivity index (χ1n) is 6.07. The molecule has 2 heterocycles. The molecule has 2 aromatic heterocycles. The van der Waals surface area contributed by atoms with Gasteiger partial charge < -0.3 is 4.98 Å². The number of rotatable bonds is 1. The van der Waals surface area contributed by atoms with E-state index in [4.69, 9.17) is 12.2 Å². The van der Waals surface area contributed by atoms with E-state index in [9.17, 15) is 8.78 Å². The molecule has 3 nitrogen and oxygen atoms in total. The van der Waals surface area contributed by atoms with Crippen LogP contribution in [-0.4, -0.2) is 14.5 Å². The summed E-state index contributed by atoms with van der Waals surface area (Å²) in [5.41, 5.74) is 3.85. The van der Waals surface area contributed by atoms with Gasteiger partial charge in [0, 0.05) is 0 Å². The second-order valence-corrected chi connectivity index (χ2v) is 5.80. The van der Waals surface area contributed by atoms with Crippen molar-refractivity contribution in [3.8, 4) is 5.69 Å². The van der Waals surface area contributed by atoms with E-state index in [-0.39, 0.29) is 5.52 Å². The molecule has 0 spiro atoms. The third kappa shape index (κ3) is 1.81. The molecule has 0 unspecified atom stereocenters. The third-order valence-electron chi connectivity index (χ3n) is 3.31. The van der Waals surface area contributed by atoms with Gasteiger partial charge in [-0.25, -0.2) is 13.8 Å². The first-order chi connectivity index (χ1) is 10.1. The Hall–Kier alpha value is -2.12. The maximum absolute atomic E-state index is 14.1. The fraction of sp³-hybridized carbons (Fsp3) is 0. The van der Waals surface area contributed by atoms with E-state index in [0.717, 1.165) is 16.3 Å². The van der Waals surface area contributed by atoms with Crippen molar-refractivity contribution in [2.75, 3.05) is 0 Å². The minimum atomic E-state index is -0.913. The molecular formula is C14H7F2N3S2. The number of benzene rings is 2. The van der Waals surface area contributed by atoms with Crippen LogP contribution in [0.1, 0.15) is 0 Å². The maximum atomic E-state index is 14.1. The molecular weight excluding hydrogens is 312 g/mol. The number of aromatic nitrogens is 3. The zero-order valence-corrected chi connectivity index (χ0v) is 12.1. The molecule has 0 bridgehead atoms. The van der Waals surface area contributed by atoms with E-state index in [1.807, 2.05) is 12.1 Å². The van der Waals surface area contributed by atoms with E-state index in [1.165, 1.54) is 22.0 Å². The normalized spacial score (nSPS) is 11.5. The molecule has 0 fully saturated rings. The van der Waals surface area contributed by atoms with E-state index < -0.39 is 11.6 Å². The van der Waals surface area contributed by atoms with Gasteiger partial charge in [0.1, 0.15) is 5.52 Å². The molecule has 21 heavy (non-hydrogen) atoms. The Morgan fingerprint density at radius 2 is 2.05 bits per heavy atom. The molecule has 0 amide bonds. The zero-order valence-electron chi connectivity index (χ0n) is 10.4. The minimum absolute atomic E-state index is 0.115. The highest BCUT2D eigenvalue weighted by Crippen LogP contribution is 2.27. The Bertz CT molecular complexity index is 1050. The van der Waals surface area contributed by atoms with Gasteiger partial charge in [-0.15, -0.1) is 11.3 Å². The first-order valence-corrected chi connectivity index (χ1v) is 7.36. The van der Waals surface area contributed by atoms with Crippen molar-refractivity contribution in [2.24, 2.45) is 0 Å². The van der Waals surface area contributed by atoms with Gasteiger partial charge in [0.05, 0.1) is 26.9 Å². The molecule has 0 aliphatic heterocycles. The molecule has 104 valence electrons. The molecule has 1 N–H and O–H groups in total. The predicted octanol–water partition coefficient (Wildman–Crippen LogP) is 4.58. The standard InChI is InChI=1S/C14H7F2N3S2/c15-8-2-4-10-13(12(8)16)19(14(20)18-10)7-1-3-9-11(5-7)21-6-17-9/h1-6H,(H,18,20). The number of nitrogens with zero attached hydrogens (tertiary/aromatic N) is 2. The SMILES string of the molecule is Fc1ccc2[nH]c(=S)n(-c3ccc4ncsc4c3)c2c1F. The lowest BCUT2D eigenvalue weighted by Gasteiger charge is -2.05. The van der Waals surface area contributed by atoms with Crippen molar-refractivity contribution in [2.45, 2.75) is 0 Å². The summed E-state index contributed by atoms with van der Waals surface area (Å²) in [7, 11) is 0. The molecule has 7 heteroatoms. The maximum Gasteiger partial charge on any atom is 0.184 e. The second kappa shape index (κ2) is 4.44. The fourth-order valence-corrected chi connectivity index (χ4v) is 3.38. The minimum Gasteiger partial charge on any atom is -0.330 e. The van der Waals surface area contributed by atoms with Crippen LogP contribution in [0.2, 0.25) is 0 Å². The van der Waals surface area contributed by atoms with Gasteiger partial charge in [-0.05, 0) is 42.5 Å². The number of thiazole rings is 1. The average molecular weight is 319 g/mol. The predicted molar refractivity (Wildman–Crippen MR) is 81.6 cm³/mol. The number of hydrogen-bond donors (Lipinski definition) is 1. The quantitative estimate of drug-likeness (QED) is 0.521. The van der Waals surface area contributed by atoms with Crippen LogP contribution in [0.15, 0.2) is 35.8 Å². The summed E-state index contributed by atoms with van der Waals surface area (Å²) in [5, 5.41) is 0. The highest BCUT2D eigenvalue weighted by Gasteiger charge is 2.15. The molecule has 0 radical (unpaired) electrons. The van der Waals surface area contributed by atoms with Crippen LogP contribution in [0.25, 0.3) is 26.9 Å². The summed E-state index contributed by atoms with van der Waals surface area (Å²) in [6.45, 7) is 0. The van der Waals surface area contributed by atoms with Crippen LogP contribution in [0.5, 0.6) is 0 Å². The molecule has 0 saturated carbocycles. The summed E-state index contributed by atoms with van der Waals surface area (Å²) < 4.78 is 30.4. The number of imidazole rings is 1. The van der Waals surface area contributed by atoms with Crippen LogP contribution in [0.4, 0.5) is 8.78 Å². The average Bonchev–Trinajstić information content (AvgIpc) is 3.06. The van der Waals surface area contributed by atoms with Crippen molar-refractivity contribution in [1.82, 2.24) is 14.5 Å². The van der Waals surface area contributed by atoms with Gasteiger partial charge in [0.2, 0.25) is 0 Å². The zero-order chi connectivity index (χ0) is 14.6. The van der Waals surface area contributed by atoms with E-state index >= 15 is 0 Å². The van der Waals surface area contributed by atoms with Crippen LogP contribution >= 0.6 is 23.6 Å². The number of hydrogen-bond acceptors (Lipinski definition) is 3. The van der Waals surface area contributed by atoms with Gasteiger partial charge in [-0.1, -0.05) is 0 Å². The van der Waals surface area contributed by atoms with Crippen molar-refractivity contribution < 1.29 is 8.78 Å². The van der Waals surface area contributed by atoms with Crippen molar-refractivity contribution in [3.63, 3.8) is 0 Å². The van der Waals surface area contributed by atoms with Gasteiger partial charge in [0.15, 0.2) is 16.4 Å². The Kier molecular flexibility index (Phi) is 2.66. The highest BCUT2D eigenvalue weighted by molar-refractivity contribution is 7.71. The fourth-order valence-electron chi connectivity index (χ4n) is 2.36. The number of fused-ring (bicyclic) bond motifs is 2.